The van der Waals surface area contributed by atoms with Gasteiger partial charge in [0.1, 0.15) is 0 Å². The third kappa shape index (κ3) is 6.42. The summed E-state index contributed by atoms with van der Waals surface area (Å²) in [6, 6.07) is 0. The van der Waals surface area contributed by atoms with Crippen LogP contribution in [0.25, 0.3) is 0 Å². The highest BCUT2D eigenvalue weighted by atomic mass is 31.1. The van der Waals surface area contributed by atoms with E-state index in [0.717, 1.165) is 0 Å². The van der Waals surface area contributed by atoms with Gasteiger partial charge in [0.2, 0.25) is 0 Å². The molecule has 0 radical (unpaired) electrons. The second-order valence-corrected chi connectivity index (χ2v) is 2.07. The van der Waals surface area contributed by atoms with E-state index in [9.17, 15) is 4.20 Å². The van der Waals surface area contributed by atoms with Gasteiger partial charge in [0.05, 0.1) is 6.61 Å². The van der Waals surface area contributed by atoms with Gasteiger partial charge in [-0.05, 0) is 6.92 Å². The summed E-state index contributed by atoms with van der Waals surface area (Å²) in [5.41, 5.74) is 0. The SMILES string of the molecule is CCO/P=N/PF. The molecular formula is C2H6FNOP2. The van der Waals surface area contributed by atoms with Gasteiger partial charge in [-0.15, -0.1) is 0 Å². The van der Waals surface area contributed by atoms with Gasteiger partial charge in [0.25, 0.3) is 0 Å². The fourth-order valence-corrected chi connectivity index (χ4v) is 0.572. The summed E-state index contributed by atoms with van der Waals surface area (Å²) in [6.45, 7) is 2.43. The van der Waals surface area contributed by atoms with Crippen molar-refractivity contribution in [2.24, 2.45) is 4.52 Å². The minimum absolute atomic E-state index is 0.405. The van der Waals surface area contributed by atoms with E-state index >= 15 is 0 Å². The Hall–Kier alpha value is 0.420. The van der Waals surface area contributed by atoms with Crippen molar-refractivity contribution in [1.82, 2.24) is 0 Å². The molecule has 2 nitrogen and oxygen atoms in total. The zero-order valence-electron chi connectivity index (χ0n) is 3.89. The number of nitrogens with zero attached hydrogens (tertiary/aromatic N) is 1. The highest BCUT2D eigenvalue weighted by molar-refractivity contribution is 7.39. The lowest BCUT2D eigenvalue weighted by Gasteiger charge is -1.80. The summed E-state index contributed by atoms with van der Waals surface area (Å²) >= 11 is 0. The van der Waals surface area contributed by atoms with Gasteiger partial charge in [0, 0.05) is 0 Å². The van der Waals surface area contributed by atoms with Crippen LogP contribution in [0.1, 0.15) is 6.92 Å². The van der Waals surface area contributed by atoms with Crippen molar-refractivity contribution in [3.05, 3.63) is 0 Å². The van der Waals surface area contributed by atoms with Crippen LogP contribution in [0.4, 0.5) is 4.20 Å². The van der Waals surface area contributed by atoms with Gasteiger partial charge in [-0.25, -0.2) is 4.20 Å². The van der Waals surface area contributed by atoms with E-state index in [2.05, 4.69) is 9.04 Å². The van der Waals surface area contributed by atoms with Crippen molar-refractivity contribution in [3.63, 3.8) is 0 Å². The summed E-state index contributed by atoms with van der Waals surface area (Å²) in [7, 11) is -0.440. The van der Waals surface area contributed by atoms with Crippen LogP contribution in [0.2, 0.25) is 0 Å². The Morgan fingerprint density at radius 1 is 2.00 bits per heavy atom. The molecule has 0 saturated carbocycles. The first-order valence-electron chi connectivity index (χ1n) is 1.79. The van der Waals surface area contributed by atoms with Gasteiger partial charge in [0.15, 0.2) is 17.6 Å². The smallest absolute Gasteiger partial charge is 0.195 e. The third-order valence-electron chi connectivity index (χ3n) is 0.265. The van der Waals surface area contributed by atoms with Crippen LogP contribution in [0.5, 0.6) is 0 Å². The topological polar surface area (TPSA) is 21.6 Å². The van der Waals surface area contributed by atoms with Crippen molar-refractivity contribution < 1.29 is 8.72 Å². The van der Waals surface area contributed by atoms with Crippen LogP contribution in [0.3, 0.4) is 0 Å². The average Bonchev–Trinajstić information content (AvgIpc) is 1.69. The Morgan fingerprint density at radius 3 is 3.14 bits per heavy atom. The minimum Gasteiger partial charge on any atom is -0.311 e. The fraction of sp³-hybridized carbons (Fsp3) is 1.00. The molecule has 0 aromatic carbocycles. The predicted molar refractivity (Wildman–Crippen MR) is 30.4 cm³/mol. The molecule has 0 rings (SSSR count). The molecule has 0 heterocycles. The fourth-order valence-electron chi connectivity index (χ4n) is 0.102. The molecule has 0 aliphatic heterocycles. The first-order chi connectivity index (χ1) is 3.41. The van der Waals surface area contributed by atoms with E-state index < -0.39 is 9.04 Å². The van der Waals surface area contributed by atoms with E-state index in [1.165, 1.54) is 0 Å². The lowest BCUT2D eigenvalue weighted by molar-refractivity contribution is 0.395. The molecule has 0 spiro atoms. The second kappa shape index (κ2) is 6.42. The molecule has 0 aliphatic carbocycles. The summed E-state index contributed by atoms with van der Waals surface area (Å²) in [6.07, 6.45) is 0. The summed E-state index contributed by atoms with van der Waals surface area (Å²) in [5, 5.41) is 0. The van der Waals surface area contributed by atoms with Crippen LogP contribution in [0.15, 0.2) is 4.52 Å². The molecule has 5 heteroatoms. The zero-order chi connectivity index (χ0) is 5.54. The maximum atomic E-state index is 11.1. The number of hydrogen-bond donors (Lipinski definition) is 0. The highest BCUT2D eigenvalue weighted by Crippen LogP contribution is 2.19. The molecule has 0 bridgehead atoms. The molecule has 0 aromatic heterocycles. The van der Waals surface area contributed by atoms with Gasteiger partial charge in [-0.2, -0.15) is 4.52 Å². The lowest BCUT2D eigenvalue weighted by atomic mass is 10.9. The molecule has 7 heavy (non-hydrogen) atoms. The molecule has 0 amide bonds. The second-order valence-electron chi connectivity index (χ2n) is 0.684. The standard InChI is InChI=1S/C2H6FNOP2/c1-2-5-7-4-6-3/h6H,2H2,1H3. The number of rotatable bonds is 3. The molecule has 42 valence electrons. The van der Waals surface area contributed by atoms with E-state index in [-0.39, 0.29) is 0 Å². The third-order valence-corrected chi connectivity index (χ3v) is 1.27. The number of hydrogen-bond acceptors (Lipinski definition) is 2. The molecule has 1 atom stereocenters. The Balaban J connectivity index is 2.78. The minimum atomic E-state index is -0.845. The predicted octanol–water partition coefficient (Wildman–Crippen LogP) is 2.55. The van der Waals surface area contributed by atoms with Crippen molar-refractivity contribution in [2.45, 2.75) is 6.92 Å². The molecule has 0 saturated heterocycles. The van der Waals surface area contributed by atoms with Crippen LogP contribution < -0.4 is 0 Å². The van der Waals surface area contributed by atoms with Gasteiger partial charge in [-0.3, -0.25) is 0 Å². The summed E-state index contributed by atoms with van der Waals surface area (Å²) in [4.78, 5) is 0. The van der Waals surface area contributed by atoms with Gasteiger partial charge >= 0.3 is 0 Å². The Kier molecular flexibility index (Phi) is 6.81. The van der Waals surface area contributed by atoms with E-state index in [4.69, 9.17) is 0 Å². The Morgan fingerprint density at radius 2 is 2.71 bits per heavy atom. The molecular weight excluding hydrogens is 135 g/mol. The summed E-state index contributed by atoms with van der Waals surface area (Å²) in [5.74, 6) is 0. The zero-order valence-corrected chi connectivity index (χ0v) is 5.78. The van der Waals surface area contributed by atoms with E-state index in [1.54, 1.807) is 0 Å². The first-order valence-corrected chi connectivity index (χ1v) is 3.38. The molecule has 0 aliphatic rings. The summed E-state index contributed by atoms with van der Waals surface area (Å²) < 4.78 is 19.0. The van der Waals surface area contributed by atoms with Gasteiger partial charge < -0.3 is 4.52 Å². The molecule has 1 unspecified atom stereocenters. The van der Waals surface area contributed by atoms with Crippen molar-refractivity contribution >= 4 is 17.6 Å². The Labute approximate surface area is 45.4 Å². The number of halogens is 1. The lowest BCUT2D eigenvalue weighted by Crippen LogP contribution is -1.65. The normalized spacial score (nSPS) is 12.3. The largest absolute Gasteiger partial charge is 0.311 e. The maximum absolute atomic E-state index is 11.1. The quantitative estimate of drug-likeness (QED) is 0.553. The van der Waals surface area contributed by atoms with Crippen LogP contribution in [0, 0.1) is 0 Å². The van der Waals surface area contributed by atoms with Crippen molar-refractivity contribution in [1.29, 1.82) is 0 Å². The monoisotopic (exact) mass is 141 g/mol. The molecule has 0 fully saturated rings. The van der Waals surface area contributed by atoms with E-state index in [1.807, 2.05) is 6.92 Å². The van der Waals surface area contributed by atoms with Crippen LogP contribution in [-0.2, 0) is 4.52 Å². The highest BCUT2D eigenvalue weighted by Gasteiger charge is 1.70. The van der Waals surface area contributed by atoms with Crippen LogP contribution in [-0.4, -0.2) is 6.61 Å². The molecule has 0 aromatic rings. The first kappa shape index (κ1) is 7.42. The van der Waals surface area contributed by atoms with Crippen LogP contribution >= 0.6 is 17.6 Å². The Bertz CT molecular complexity index is 59.7. The average molecular weight is 141 g/mol. The van der Waals surface area contributed by atoms with E-state index in [0.29, 0.717) is 15.2 Å². The van der Waals surface area contributed by atoms with Gasteiger partial charge in [-0.1, -0.05) is 0 Å². The molecule has 0 N–H and O–H groups in total. The van der Waals surface area contributed by atoms with Crippen molar-refractivity contribution in [3.8, 4) is 0 Å². The maximum Gasteiger partial charge on any atom is 0.195 e. The van der Waals surface area contributed by atoms with Crippen molar-refractivity contribution in [2.75, 3.05) is 6.61 Å².